The smallest absolute Gasteiger partial charge is 0.257 e. The van der Waals surface area contributed by atoms with E-state index in [1.54, 1.807) is 18.2 Å². The summed E-state index contributed by atoms with van der Waals surface area (Å²) in [6, 6.07) is 6.14. The lowest BCUT2D eigenvalue weighted by molar-refractivity contribution is 0.0728. The zero-order valence-corrected chi connectivity index (χ0v) is 11.0. The number of fused-ring (bicyclic) bond motifs is 1. The van der Waals surface area contributed by atoms with Gasteiger partial charge >= 0.3 is 0 Å². The lowest BCUT2D eigenvalue weighted by Crippen LogP contribution is -2.36. The fourth-order valence-corrected chi connectivity index (χ4v) is 2.47. The molecule has 4 nitrogen and oxygen atoms in total. The van der Waals surface area contributed by atoms with Crippen LogP contribution in [-0.2, 0) is 13.0 Å². The number of halogens is 2. The lowest BCUT2D eigenvalue weighted by Gasteiger charge is -2.29. The molecule has 0 saturated carbocycles. The summed E-state index contributed by atoms with van der Waals surface area (Å²) in [5, 5.41) is 9.49. The van der Waals surface area contributed by atoms with Crippen LogP contribution in [-0.4, -0.2) is 27.4 Å². The minimum atomic E-state index is -1.28. The normalized spacial score (nSPS) is 13.9. The van der Waals surface area contributed by atoms with Gasteiger partial charge in [0.05, 0.1) is 5.56 Å². The van der Waals surface area contributed by atoms with Gasteiger partial charge in [0, 0.05) is 19.3 Å². The van der Waals surface area contributed by atoms with Gasteiger partial charge in [-0.3, -0.25) is 4.79 Å². The van der Waals surface area contributed by atoms with E-state index in [4.69, 9.17) is 0 Å². The molecule has 0 spiro atoms. The highest BCUT2D eigenvalue weighted by molar-refractivity contribution is 5.94. The first-order valence-electron chi connectivity index (χ1n) is 6.46. The standard InChI is InChI=1S/C15H12F2N2O2/c16-13-12(3-5-18-14(13)17)15(21)19-6-4-9-1-2-11(20)7-10(9)8-19/h1-3,5,7,20H,4,6,8H2. The number of hydrogen-bond acceptors (Lipinski definition) is 3. The molecular weight excluding hydrogens is 278 g/mol. The van der Waals surface area contributed by atoms with Gasteiger partial charge in [0.1, 0.15) is 5.75 Å². The topological polar surface area (TPSA) is 53.4 Å². The minimum Gasteiger partial charge on any atom is -0.508 e. The van der Waals surface area contributed by atoms with Crippen molar-refractivity contribution >= 4 is 5.91 Å². The zero-order valence-electron chi connectivity index (χ0n) is 11.0. The highest BCUT2D eigenvalue weighted by atomic mass is 19.2. The number of carbonyl (C=O) groups is 1. The molecule has 1 aromatic heterocycles. The predicted octanol–water partition coefficient (Wildman–Crippen LogP) is 2.26. The fraction of sp³-hybridized carbons (Fsp3) is 0.200. The van der Waals surface area contributed by atoms with Crippen LogP contribution in [0.5, 0.6) is 5.75 Å². The molecule has 21 heavy (non-hydrogen) atoms. The maximum atomic E-state index is 13.6. The van der Waals surface area contributed by atoms with E-state index in [-0.39, 0.29) is 17.9 Å². The molecule has 2 aromatic rings. The number of rotatable bonds is 1. The third-order valence-corrected chi connectivity index (χ3v) is 3.57. The summed E-state index contributed by atoms with van der Waals surface area (Å²) in [5.41, 5.74) is 1.52. The monoisotopic (exact) mass is 290 g/mol. The summed E-state index contributed by atoms with van der Waals surface area (Å²) < 4.78 is 26.8. The molecule has 1 aliphatic rings. The summed E-state index contributed by atoms with van der Waals surface area (Å²) in [4.78, 5) is 16.9. The first-order valence-corrected chi connectivity index (χ1v) is 6.46. The van der Waals surface area contributed by atoms with Crippen molar-refractivity contribution in [1.82, 2.24) is 9.88 Å². The molecule has 0 fully saturated rings. The average molecular weight is 290 g/mol. The van der Waals surface area contributed by atoms with Crippen LogP contribution >= 0.6 is 0 Å². The van der Waals surface area contributed by atoms with Crippen molar-refractivity contribution in [2.75, 3.05) is 6.54 Å². The van der Waals surface area contributed by atoms with Crippen molar-refractivity contribution in [1.29, 1.82) is 0 Å². The number of benzene rings is 1. The number of carbonyl (C=O) groups excluding carboxylic acids is 1. The van der Waals surface area contributed by atoms with E-state index in [0.717, 1.165) is 17.3 Å². The second kappa shape index (κ2) is 5.12. The Balaban J connectivity index is 1.89. The lowest BCUT2D eigenvalue weighted by atomic mass is 9.99. The van der Waals surface area contributed by atoms with Gasteiger partial charge in [-0.25, -0.2) is 9.37 Å². The Morgan fingerprint density at radius 3 is 2.86 bits per heavy atom. The Hall–Kier alpha value is -2.50. The van der Waals surface area contributed by atoms with Crippen LogP contribution in [0.1, 0.15) is 21.5 Å². The maximum Gasteiger partial charge on any atom is 0.257 e. The molecule has 2 heterocycles. The van der Waals surface area contributed by atoms with Crippen LogP contribution in [0.4, 0.5) is 8.78 Å². The highest BCUT2D eigenvalue weighted by Crippen LogP contribution is 2.24. The van der Waals surface area contributed by atoms with E-state index >= 15 is 0 Å². The van der Waals surface area contributed by atoms with Crippen molar-refractivity contribution in [2.24, 2.45) is 0 Å². The third-order valence-electron chi connectivity index (χ3n) is 3.57. The van der Waals surface area contributed by atoms with Gasteiger partial charge in [0.2, 0.25) is 5.95 Å². The van der Waals surface area contributed by atoms with Crippen LogP contribution in [0.15, 0.2) is 30.5 Å². The zero-order chi connectivity index (χ0) is 15.0. The first-order chi connectivity index (χ1) is 10.1. The van der Waals surface area contributed by atoms with Crippen LogP contribution in [0, 0.1) is 11.8 Å². The highest BCUT2D eigenvalue weighted by Gasteiger charge is 2.25. The van der Waals surface area contributed by atoms with E-state index in [1.165, 1.54) is 11.0 Å². The molecule has 0 saturated heterocycles. The quantitative estimate of drug-likeness (QED) is 0.820. The molecule has 1 N–H and O–H groups in total. The SMILES string of the molecule is O=C(c1ccnc(F)c1F)N1CCc2ccc(O)cc2C1. The molecule has 0 bridgehead atoms. The van der Waals surface area contributed by atoms with Crippen molar-refractivity contribution < 1.29 is 18.7 Å². The van der Waals surface area contributed by atoms with E-state index in [9.17, 15) is 18.7 Å². The second-order valence-electron chi connectivity index (χ2n) is 4.89. The van der Waals surface area contributed by atoms with E-state index in [1.807, 2.05) is 0 Å². The van der Waals surface area contributed by atoms with Gasteiger partial charge in [0.25, 0.3) is 5.91 Å². The Morgan fingerprint density at radius 1 is 1.24 bits per heavy atom. The number of phenolic OH excluding ortho intramolecular Hbond substituents is 1. The van der Waals surface area contributed by atoms with Crippen molar-refractivity contribution in [3.05, 3.63) is 58.9 Å². The molecule has 108 valence electrons. The Morgan fingerprint density at radius 2 is 2.05 bits per heavy atom. The molecule has 1 aromatic carbocycles. The number of aromatic hydroxyl groups is 1. The third kappa shape index (κ3) is 2.44. The number of aromatic nitrogens is 1. The van der Waals surface area contributed by atoms with Crippen LogP contribution in [0.3, 0.4) is 0 Å². The van der Waals surface area contributed by atoms with Gasteiger partial charge in [-0.15, -0.1) is 0 Å². The van der Waals surface area contributed by atoms with Gasteiger partial charge in [-0.1, -0.05) is 6.07 Å². The molecule has 1 aliphatic heterocycles. The molecule has 6 heteroatoms. The molecular formula is C15H12F2N2O2. The molecule has 0 radical (unpaired) electrons. The van der Waals surface area contributed by atoms with Crippen molar-refractivity contribution in [2.45, 2.75) is 13.0 Å². The predicted molar refractivity (Wildman–Crippen MR) is 70.7 cm³/mol. The van der Waals surface area contributed by atoms with E-state index < -0.39 is 17.7 Å². The van der Waals surface area contributed by atoms with Crippen molar-refractivity contribution in [3.8, 4) is 5.75 Å². The Labute approximate surface area is 119 Å². The molecule has 0 aliphatic carbocycles. The Kier molecular flexibility index (Phi) is 3.29. The van der Waals surface area contributed by atoms with Gasteiger partial charge in [-0.05, 0) is 35.7 Å². The molecule has 0 unspecified atom stereocenters. The first kappa shape index (κ1) is 13.5. The summed E-state index contributed by atoms with van der Waals surface area (Å²) in [6.07, 6.45) is 1.67. The number of nitrogens with zero attached hydrogens (tertiary/aromatic N) is 2. The number of phenols is 1. The molecule has 0 atom stereocenters. The maximum absolute atomic E-state index is 13.6. The van der Waals surface area contributed by atoms with Crippen molar-refractivity contribution in [3.63, 3.8) is 0 Å². The second-order valence-corrected chi connectivity index (χ2v) is 4.89. The van der Waals surface area contributed by atoms with E-state index in [2.05, 4.69) is 4.98 Å². The van der Waals surface area contributed by atoms with Crippen LogP contribution < -0.4 is 0 Å². The minimum absolute atomic E-state index is 0.115. The Bertz CT molecular complexity index is 719. The van der Waals surface area contributed by atoms with Crippen LogP contribution in [0.25, 0.3) is 0 Å². The largest absolute Gasteiger partial charge is 0.508 e. The molecule has 3 rings (SSSR count). The summed E-state index contributed by atoms with van der Waals surface area (Å²) >= 11 is 0. The summed E-state index contributed by atoms with van der Waals surface area (Å²) in [6.45, 7) is 0.673. The number of hydrogen-bond donors (Lipinski definition) is 1. The van der Waals surface area contributed by atoms with Gasteiger partial charge in [-0.2, -0.15) is 4.39 Å². The summed E-state index contributed by atoms with van der Waals surface area (Å²) in [7, 11) is 0. The molecule has 1 amide bonds. The van der Waals surface area contributed by atoms with Gasteiger partial charge in [0.15, 0.2) is 5.82 Å². The van der Waals surface area contributed by atoms with Gasteiger partial charge < -0.3 is 10.0 Å². The number of pyridine rings is 1. The number of amides is 1. The van der Waals surface area contributed by atoms with E-state index in [0.29, 0.717) is 13.0 Å². The van der Waals surface area contributed by atoms with Crippen LogP contribution in [0.2, 0.25) is 0 Å². The summed E-state index contributed by atoms with van der Waals surface area (Å²) in [5.74, 6) is -2.98. The average Bonchev–Trinajstić information content (AvgIpc) is 2.48. The fourth-order valence-electron chi connectivity index (χ4n) is 2.47.